The Morgan fingerprint density at radius 3 is 2.28 bits per heavy atom. The van der Waals surface area contributed by atoms with Crippen molar-refractivity contribution in [2.24, 2.45) is 5.92 Å². The average molecular weight is 253 g/mol. The third kappa shape index (κ3) is 2.52. The van der Waals surface area contributed by atoms with E-state index in [0.717, 1.165) is 44.9 Å². The number of aldehydes is 1. The van der Waals surface area contributed by atoms with Crippen LogP contribution in [0.2, 0.25) is 0 Å². The van der Waals surface area contributed by atoms with Crippen molar-refractivity contribution < 1.29 is 14.3 Å². The van der Waals surface area contributed by atoms with E-state index in [0.29, 0.717) is 0 Å². The highest BCUT2D eigenvalue weighted by atomic mass is 16.6. The monoisotopic (exact) mass is 253 g/mol. The number of carbonyl (C=O) groups excluding carboxylic acids is 2. The standard InChI is InChI=1S/C14H23NO3/c1-13(2,3)18-12(17)15-9-8-14(15)6-4-11(10-16)5-7-14/h10-11H,4-9H2,1-3H3. The first-order valence-electron chi connectivity index (χ1n) is 6.82. The third-order valence-corrected chi connectivity index (χ3v) is 4.14. The molecule has 1 aliphatic carbocycles. The molecule has 1 aliphatic heterocycles. The van der Waals surface area contributed by atoms with E-state index < -0.39 is 5.60 Å². The fourth-order valence-corrected chi connectivity index (χ4v) is 2.98. The second-order valence-electron chi connectivity index (χ2n) is 6.58. The number of hydrogen-bond acceptors (Lipinski definition) is 3. The minimum atomic E-state index is -0.437. The Balaban J connectivity index is 1.96. The van der Waals surface area contributed by atoms with Crippen LogP contribution in [0.5, 0.6) is 0 Å². The normalized spacial score (nSPS) is 31.9. The molecule has 1 saturated heterocycles. The molecule has 0 aromatic carbocycles. The van der Waals surface area contributed by atoms with E-state index in [9.17, 15) is 9.59 Å². The molecule has 1 heterocycles. The van der Waals surface area contributed by atoms with E-state index in [2.05, 4.69) is 0 Å². The number of rotatable bonds is 1. The average Bonchev–Trinajstić information content (AvgIpc) is 2.25. The highest BCUT2D eigenvalue weighted by Gasteiger charge is 2.50. The van der Waals surface area contributed by atoms with Gasteiger partial charge in [0.2, 0.25) is 0 Å². The molecular weight excluding hydrogens is 230 g/mol. The van der Waals surface area contributed by atoms with Crippen LogP contribution in [0.1, 0.15) is 52.9 Å². The number of nitrogens with zero attached hydrogens (tertiary/aromatic N) is 1. The topological polar surface area (TPSA) is 46.6 Å². The summed E-state index contributed by atoms with van der Waals surface area (Å²) in [5, 5.41) is 0. The molecule has 0 bridgehead atoms. The molecular formula is C14H23NO3. The maximum atomic E-state index is 12.1. The maximum Gasteiger partial charge on any atom is 0.410 e. The maximum absolute atomic E-state index is 12.1. The fourth-order valence-electron chi connectivity index (χ4n) is 2.98. The molecule has 2 aliphatic rings. The van der Waals surface area contributed by atoms with E-state index in [1.165, 1.54) is 0 Å². The molecule has 2 rings (SSSR count). The van der Waals surface area contributed by atoms with E-state index >= 15 is 0 Å². The van der Waals surface area contributed by atoms with Crippen LogP contribution in [0.3, 0.4) is 0 Å². The Hall–Kier alpha value is -1.06. The zero-order chi connectivity index (χ0) is 13.4. The van der Waals surface area contributed by atoms with Crippen molar-refractivity contribution >= 4 is 12.4 Å². The lowest BCUT2D eigenvalue weighted by Crippen LogP contribution is -2.64. The summed E-state index contributed by atoms with van der Waals surface area (Å²) in [5.74, 6) is 0.191. The van der Waals surface area contributed by atoms with Crippen molar-refractivity contribution in [3.05, 3.63) is 0 Å². The second kappa shape index (κ2) is 4.56. The molecule has 2 fully saturated rings. The Bertz CT molecular complexity index is 337. The van der Waals surface area contributed by atoms with Crippen molar-refractivity contribution in [2.45, 2.75) is 64.0 Å². The zero-order valence-corrected chi connectivity index (χ0v) is 11.6. The van der Waals surface area contributed by atoms with Crippen molar-refractivity contribution in [3.63, 3.8) is 0 Å². The van der Waals surface area contributed by atoms with Gasteiger partial charge in [-0.15, -0.1) is 0 Å². The van der Waals surface area contributed by atoms with Gasteiger partial charge in [-0.2, -0.15) is 0 Å². The number of hydrogen-bond donors (Lipinski definition) is 0. The lowest BCUT2D eigenvalue weighted by Gasteiger charge is -2.55. The van der Waals surface area contributed by atoms with Gasteiger partial charge < -0.3 is 14.4 Å². The molecule has 0 N–H and O–H groups in total. The lowest BCUT2D eigenvalue weighted by molar-refractivity contribution is -0.114. The molecule has 0 unspecified atom stereocenters. The van der Waals surface area contributed by atoms with Crippen LogP contribution >= 0.6 is 0 Å². The summed E-state index contributed by atoms with van der Waals surface area (Å²) < 4.78 is 5.44. The molecule has 1 spiro atoms. The van der Waals surface area contributed by atoms with E-state index in [4.69, 9.17) is 4.74 Å². The summed E-state index contributed by atoms with van der Waals surface area (Å²) >= 11 is 0. The molecule has 18 heavy (non-hydrogen) atoms. The van der Waals surface area contributed by atoms with E-state index in [1.807, 2.05) is 25.7 Å². The van der Waals surface area contributed by atoms with Crippen molar-refractivity contribution in [3.8, 4) is 0 Å². The van der Waals surface area contributed by atoms with Crippen LogP contribution < -0.4 is 0 Å². The second-order valence-corrected chi connectivity index (χ2v) is 6.58. The van der Waals surface area contributed by atoms with Gasteiger partial charge in [-0.1, -0.05) is 0 Å². The van der Waals surface area contributed by atoms with Gasteiger partial charge in [0.1, 0.15) is 11.9 Å². The van der Waals surface area contributed by atoms with Gasteiger partial charge in [0.05, 0.1) is 0 Å². The molecule has 0 aromatic heterocycles. The summed E-state index contributed by atoms with van der Waals surface area (Å²) in [6, 6.07) is 0. The van der Waals surface area contributed by atoms with Crippen LogP contribution in [-0.2, 0) is 9.53 Å². The fraction of sp³-hybridized carbons (Fsp3) is 0.857. The molecule has 0 aromatic rings. The highest BCUT2D eigenvalue weighted by Crippen LogP contribution is 2.44. The van der Waals surface area contributed by atoms with Gasteiger partial charge in [-0.3, -0.25) is 0 Å². The van der Waals surface area contributed by atoms with Gasteiger partial charge in [0.15, 0.2) is 0 Å². The molecule has 1 amide bonds. The minimum absolute atomic E-state index is 0.0121. The Morgan fingerprint density at radius 2 is 1.89 bits per heavy atom. The molecule has 0 radical (unpaired) electrons. The Kier molecular flexibility index (Phi) is 3.39. The molecule has 1 saturated carbocycles. The highest BCUT2D eigenvalue weighted by molar-refractivity contribution is 5.70. The van der Waals surface area contributed by atoms with Crippen molar-refractivity contribution in [1.82, 2.24) is 4.90 Å². The summed E-state index contributed by atoms with van der Waals surface area (Å²) in [7, 11) is 0. The van der Waals surface area contributed by atoms with Crippen LogP contribution in [0, 0.1) is 5.92 Å². The Morgan fingerprint density at radius 1 is 1.28 bits per heavy atom. The van der Waals surface area contributed by atoms with Gasteiger partial charge in [-0.05, 0) is 52.9 Å². The van der Waals surface area contributed by atoms with E-state index in [1.54, 1.807) is 0 Å². The first-order valence-corrected chi connectivity index (χ1v) is 6.82. The van der Waals surface area contributed by atoms with Crippen LogP contribution in [-0.4, -0.2) is 35.0 Å². The summed E-state index contributed by atoms with van der Waals surface area (Å²) in [6.45, 7) is 6.46. The molecule has 0 atom stereocenters. The smallest absolute Gasteiger partial charge is 0.410 e. The number of amides is 1. The van der Waals surface area contributed by atoms with Crippen LogP contribution in [0.15, 0.2) is 0 Å². The predicted molar refractivity (Wildman–Crippen MR) is 68.3 cm³/mol. The summed E-state index contributed by atoms with van der Waals surface area (Å²) in [6.07, 6.45) is 5.61. The van der Waals surface area contributed by atoms with Crippen LogP contribution in [0.4, 0.5) is 4.79 Å². The number of ether oxygens (including phenoxy) is 1. The minimum Gasteiger partial charge on any atom is -0.444 e. The SMILES string of the molecule is CC(C)(C)OC(=O)N1CCC12CCC(C=O)CC2. The van der Waals surface area contributed by atoms with Crippen molar-refractivity contribution in [1.29, 1.82) is 0 Å². The summed E-state index contributed by atoms with van der Waals surface area (Å²) in [5.41, 5.74) is -0.449. The molecule has 4 heteroatoms. The summed E-state index contributed by atoms with van der Waals surface area (Å²) in [4.78, 5) is 24.7. The van der Waals surface area contributed by atoms with Gasteiger partial charge >= 0.3 is 6.09 Å². The van der Waals surface area contributed by atoms with Gasteiger partial charge in [0.25, 0.3) is 0 Å². The van der Waals surface area contributed by atoms with Crippen molar-refractivity contribution in [2.75, 3.05) is 6.54 Å². The largest absolute Gasteiger partial charge is 0.444 e. The third-order valence-electron chi connectivity index (χ3n) is 4.14. The first-order chi connectivity index (χ1) is 8.36. The Labute approximate surface area is 109 Å². The number of likely N-dealkylation sites (tertiary alicyclic amines) is 1. The molecule has 4 nitrogen and oxygen atoms in total. The zero-order valence-electron chi connectivity index (χ0n) is 11.6. The quantitative estimate of drug-likeness (QED) is 0.675. The lowest BCUT2D eigenvalue weighted by atomic mass is 9.70. The predicted octanol–water partition coefficient (Wildman–Crippen LogP) is 2.76. The number of carbonyl (C=O) groups is 2. The van der Waals surface area contributed by atoms with Gasteiger partial charge in [-0.25, -0.2) is 4.79 Å². The first kappa shape index (κ1) is 13.4. The van der Waals surface area contributed by atoms with Crippen LogP contribution in [0.25, 0.3) is 0 Å². The molecule has 102 valence electrons. The van der Waals surface area contributed by atoms with Gasteiger partial charge in [0, 0.05) is 18.0 Å². The van der Waals surface area contributed by atoms with E-state index in [-0.39, 0.29) is 17.6 Å².